The lowest BCUT2D eigenvalue weighted by atomic mass is 10.0. The van der Waals surface area contributed by atoms with E-state index in [9.17, 15) is 20.4 Å². The van der Waals surface area contributed by atoms with Crippen LogP contribution in [0.2, 0.25) is 0 Å². The number of ether oxygens (including phenoxy) is 4. The predicted molar refractivity (Wildman–Crippen MR) is 372 cm³/mol. The number of rotatable bonds is 73. The summed E-state index contributed by atoms with van der Waals surface area (Å²) in [6, 6.07) is 0. The van der Waals surface area contributed by atoms with Crippen LogP contribution in [0.5, 0.6) is 0 Å². The van der Waals surface area contributed by atoms with Crippen molar-refractivity contribution in [1.29, 1.82) is 0 Å². The second-order valence-electron chi connectivity index (χ2n) is 26.9. The summed E-state index contributed by atoms with van der Waals surface area (Å²) in [6.07, 6.45) is 54.3. The van der Waals surface area contributed by atoms with Crippen molar-refractivity contribution in [3.63, 3.8) is 0 Å². The molecule has 13 nitrogen and oxygen atoms in total. The average molecular weight is 1240 g/mol. The van der Waals surface area contributed by atoms with E-state index in [0.29, 0.717) is 85.6 Å². The molecule has 1 aliphatic rings. The Morgan fingerprint density at radius 1 is 0.299 bits per heavy atom. The summed E-state index contributed by atoms with van der Waals surface area (Å²) in [5.41, 5.74) is 0. The van der Waals surface area contributed by atoms with Crippen LogP contribution in [0.4, 0.5) is 0 Å². The molecule has 1 rings (SSSR count). The molecule has 13 heteroatoms. The molecule has 5 N–H and O–H groups in total. The summed E-state index contributed by atoms with van der Waals surface area (Å²) < 4.78 is 24.1. The van der Waals surface area contributed by atoms with Crippen LogP contribution < -0.4 is 5.32 Å². The molecule has 4 unspecified atom stereocenters. The molecule has 1 heterocycles. The summed E-state index contributed by atoms with van der Waals surface area (Å²) >= 11 is 0. The molecular weight excluding hydrogens is 1090 g/mol. The van der Waals surface area contributed by atoms with Crippen LogP contribution in [-0.4, -0.2) is 209 Å². The first-order valence-electron chi connectivity index (χ1n) is 38.4. The van der Waals surface area contributed by atoms with Crippen LogP contribution in [0.15, 0.2) is 0 Å². The molecule has 0 radical (unpaired) electrons. The van der Waals surface area contributed by atoms with Crippen molar-refractivity contribution in [3.8, 4) is 0 Å². The van der Waals surface area contributed by atoms with Crippen molar-refractivity contribution in [2.75, 3.05) is 144 Å². The van der Waals surface area contributed by atoms with Gasteiger partial charge in [-0.3, -0.25) is 19.6 Å². The Bertz CT molecular complexity index is 1270. The van der Waals surface area contributed by atoms with Gasteiger partial charge in [0, 0.05) is 91.6 Å². The second-order valence-corrected chi connectivity index (χ2v) is 26.9. The first-order valence-corrected chi connectivity index (χ1v) is 38.4. The van der Waals surface area contributed by atoms with E-state index in [-0.39, 0.29) is 24.4 Å². The molecule has 522 valence electrons. The fraction of sp³-hybridized carbons (Fsp3) is 1.00. The summed E-state index contributed by atoms with van der Waals surface area (Å²) in [5.74, 6) is 0. The first-order chi connectivity index (χ1) is 42.8. The maximum atomic E-state index is 11.2. The van der Waals surface area contributed by atoms with E-state index in [1.807, 2.05) is 0 Å². The highest BCUT2D eigenvalue weighted by molar-refractivity contribution is 4.75. The van der Waals surface area contributed by atoms with Gasteiger partial charge in [0.1, 0.15) is 0 Å². The zero-order valence-corrected chi connectivity index (χ0v) is 58.7. The van der Waals surface area contributed by atoms with Crippen molar-refractivity contribution in [2.24, 2.45) is 0 Å². The number of hydrogen-bond acceptors (Lipinski definition) is 13. The van der Waals surface area contributed by atoms with Crippen molar-refractivity contribution >= 4 is 0 Å². The topological polar surface area (TPSA) is 143 Å². The Hall–Kier alpha value is -0.520. The average Bonchev–Trinajstić information content (AvgIpc) is 3.52. The van der Waals surface area contributed by atoms with Crippen molar-refractivity contribution in [3.05, 3.63) is 0 Å². The first kappa shape index (κ1) is 84.5. The highest BCUT2D eigenvalue weighted by Gasteiger charge is 2.20. The smallest absolute Gasteiger partial charge is 0.0701 e. The summed E-state index contributed by atoms with van der Waals surface area (Å²) in [6.45, 7) is 25.6. The van der Waals surface area contributed by atoms with E-state index in [1.54, 1.807) is 0 Å². The number of aliphatic hydroxyl groups is 4. The largest absolute Gasteiger partial charge is 0.392 e. The van der Waals surface area contributed by atoms with Gasteiger partial charge >= 0.3 is 0 Å². The Morgan fingerprint density at radius 3 is 0.931 bits per heavy atom. The van der Waals surface area contributed by atoms with Crippen LogP contribution in [-0.2, 0) is 18.9 Å². The van der Waals surface area contributed by atoms with Gasteiger partial charge < -0.3 is 44.7 Å². The van der Waals surface area contributed by atoms with Gasteiger partial charge in [-0.25, -0.2) is 0 Å². The molecule has 1 saturated heterocycles. The van der Waals surface area contributed by atoms with Crippen LogP contribution in [0.25, 0.3) is 0 Å². The number of unbranched alkanes of at least 4 members (excludes halogenated alkanes) is 36. The molecular formula is C74H153N5O8. The lowest BCUT2D eigenvalue weighted by molar-refractivity contribution is 0.0116. The lowest BCUT2D eigenvalue weighted by Crippen LogP contribution is -2.49. The van der Waals surface area contributed by atoms with E-state index < -0.39 is 0 Å². The minimum Gasteiger partial charge on any atom is -0.392 e. The van der Waals surface area contributed by atoms with Crippen LogP contribution in [0.1, 0.15) is 310 Å². The molecule has 0 spiro atoms. The molecule has 0 aromatic rings. The quantitative estimate of drug-likeness (QED) is 0.0369. The highest BCUT2D eigenvalue weighted by atomic mass is 16.5. The van der Waals surface area contributed by atoms with Crippen LogP contribution in [0, 0.1) is 0 Å². The van der Waals surface area contributed by atoms with Gasteiger partial charge in [-0.15, -0.1) is 0 Å². The predicted octanol–water partition coefficient (Wildman–Crippen LogP) is 15.6. The minimum absolute atomic E-state index is 0.284. The second kappa shape index (κ2) is 68.3. The zero-order chi connectivity index (χ0) is 62.8. The Morgan fingerprint density at radius 2 is 0.575 bits per heavy atom. The monoisotopic (exact) mass is 1240 g/mol. The zero-order valence-electron chi connectivity index (χ0n) is 58.7. The number of nitrogens with zero attached hydrogens (tertiary/aromatic N) is 4. The number of nitrogens with one attached hydrogen (secondary N) is 1. The third-order valence-electron chi connectivity index (χ3n) is 18.4. The molecule has 4 atom stereocenters. The summed E-state index contributed by atoms with van der Waals surface area (Å²) in [4.78, 5) is 9.74. The molecule has 87 heavy (non-hydrogen) atoms. The summed E-state index contributed by atoms with van der Waals surface area (Å²) in [5, 5.41) is 47.2. The Labute approximate surface area is 541 Å². The van der Waals surface area contributed by atoms with E-state index in [0.717, 1.165) is 110 Å². The van der Waals surface area contributed by atoms with Gasteiger partial charge in [-0.1, -0.05) is 285 Å². The number of hydrogen-bond donors (Lipinski definition) is 5. The van der Waals surface area contributed by atoms with E-state index in [4.69, 9.17) is 18.9 Å². The number of aliphatic hydroxyl groups excluding tert-OH is 4. The molecule has 0 aliphatic carbocycles. The highest BCUT2D eigenvalue weighted by Crippen LogP contribution is 2.18. The van der Waals surface area contributed by atoms with Crippen molar-refractivity contribution < 1.29 is 39.4 Å². The van der Waals surface area contributed by atoms with Crippen LogP contribution >= 0.6 is 0 Å². The molecule has 0 saturated carbocycles. The van der Waals surface area contributed by atoms with E-state index in [1.165, 1.54) is 231 Å². The Kier molecular flexibility index (Phi) is 66.4. The van der Waals surface area contributed by atoms with Gasteiger partial charge in [0.15, 0.2) is 0 Å². The fourth-order valence-electron chi connectivity index (χ4n) is 12.4. The standard InChI is InChI=1S/C74H153N5O8/c1-5-9-13-17-21-25-29-33-37-41-45-71(80)67-75-49-59-84-63-64-86-61-57-78(68-72(81)46-42-38-34-30-26-22-18-14-10-6-2)55-54-76-50-52-77(53-51-76)56-60-85-65-66-87-62-58-79(69-73(82)47-43-39-35-31-27-23-19-15-11-7-3)70-74(83)48-44-40-36-32-28-24-20-16-12-8-4/h71-75,80-83H,5-70H2,1-4H3. The van der Waals surface area contributed by atoms with Gasteiger partial charge in [0.25, 0.3) is 0 Å². The lowest BCUT2D eigenvalue weighted by Gasteiger charge is -2.36. The van der Waals surface area contributed by atoms with Crippen molar-refractivity contribution in [1.82, 2.24) is 24.9 Å². The van der Waals surface area contributed by atoms with Gasteiger partial charge in [0.2, 0.25) is 0 Å². The molecule has 0 bridgehead atoms. The molecule has 0 amide bonds. The van der Waals surface area contributed by atoms with Gasteiger partial charge in [-0.2, -0.15) is 0 Å². The third-order valence-corrected chi connectivity index (χ3v) is 18.4. The molecule has 0 aromatic carbocycles. The number of piperazine rings is 1. The normalized spacial score (nSPS) is 15.0. The minimum atomic E-state index is -0.371. The third kappa shape index (κ3) is 61.4. The SMILES string of the molecule is CCCCCCCCCCCCC(O)CNCCOCCOCCN(CCN1CCN(CCOCCOCCN(CC(O)CCCCCCCCCCCC)CC(O)CCCCCCCCCCCC)CC1)CC(O)CCCCCCCCCCCC. The van der Waals surface area contributed by atoms with E-state index >= 15 is 0 Å². The maximum Gasteiger partial charge on any atom is 0.0701 e. The van der Waals surface area contributed by atoms with Crippen LogP contribution in [0.3, 0.4) is 0 Å². The van der Waals surface area contributed by atoms with Crippen molar-refractivity contribution in [2.45, 2.75) is 335 Å². The van der Waals surface area contributed by atoms with E-state index in [2.05, 4.69) is 52.6 Å². The van der Waals surface area contributed by atoms with Gasteiger partial charge in [-0.05, 0) is 25.7 Å². The maximum absolute atomic E-state index is 11.2. The molecule has 0 aromatic heterocycles. The summed E-state index contributed by atoms with van der Waals surface area (Å²) in [7, 11) is 0. The molecule has 1 aliphatic heterocycles. The fourth-order valence-corrected chi connectivity index (χ4v) is 12.4. The van der Waals surface area contributed by atoms with Gasteiger partial charge in [0.05, 0.1) is 77.3 Å². The Balaban J connectivity index is 2.41. The molecule has 1 fully saturated rings.